The van der Waals surface area contributed by atoms with E-state index in [1.807, 2.05) is 13.0 Å². The van der Waals surface area contributed by atoms with Gasteiger partial charge in [0.1, 0.15) is 11.5 Å². The molecule has 4 rings (SSSR count). The van der Waals surface area contributed by atoms with Gasteiger partial charge in [-0.25, -0.2) is 0 Å². The van der Waals surface area contributed by atoms with E-state index in [0.29, 0.717) is 66.5 Å². The van der Waals surface area contributed by atoms with Gasteiger partial charge >= 0.3 is 5.97 Å². The number of hydrogen-bond acceptors (Lipinski definition) is 6. The summed E-state index contributed by atoms with van der Waals surface area (Å²) in [6.45, 7) is 14.0. The molecule has 6 nitrogen and oxygen atoms in total. The number of carbonyl (C=O) groups is 3. The zero-order valence-corrected chi connectivity index (χ0v) is 21.9. The van der Waals surface area contributed by atoms with Gasteiger partial charge in [-0.1, -0.05) is 47.6 Å². The average molecular weight is 481 g/mol. The lowest BCUT2D eigenvalue weighted by Gasteiger charge is -2.42. The Morgan fingerprint density at radius 3 is 1.97 bits per heavy atom. The Labute approximate surface area is 207 Å². The molecule has 1 heterocycles. The summed E-state index contributed by atoms with van der Waals surface area (Å²) in [5, 5.41) is 0. The molecule has 1 aliphatic heterocycles. The van der Waals surface area contributed by atoms with Gasteiger partial charge in [-0.05, 0) is 35.4 Å². The van der Waals surface area contributed by atoms with Crippen LogP contribution in [-0.2, 0) is 19.1 Å². The Hall–Kier alpha value is -2.89. The third-order valence-corrected chi connectivity index (χ3v) is 6.86. The highest BCUT2D eigenvalue weighted by atomic mass is 16.6. The zero-order valence-electron chi connectivity index (χ0n) is 21.9. The number of ketones is 2. The fourth-order valence-corrected chi connectivity index (χ4v) is 5.29. The first kappa shape index (κ1) is 25.2. The molecule has 188 valence electrons. The molecule has 0 unspecified atom stereocenters. The maximum Gasteiger partial charge on any atom is 0.313 e. The molecule has 0 aromatic heterocycles. The molecule has 0 amide bonds. The highest BCUT2D eigenvalue weighted by molar-refractivity contribution is 6.06. The van der Waals surface area contributed by atoms with Crippen molar-refractivity contribution in [3.63, 3.8) is 0 Å². The molecule has 0 fully saturated rings. The van der Waals surface area contributed by atoms with Crippen LogP contribution >= 0.6 is 0 Å². The number of esters is 1. The van der Waals surface area contributed by atoms with E-state index in [4.69, 9.17) is 14.2 Å². The van der Waals surface area contributed by atoms with Crippen LogP contribution in [0.4, 0.5) is 0 Å². The summed E-state index contributed by atoms with van der Waals surface area (Å²) in [7, 11) is 0. The third kappa shape index (κ3) is 4.93. The summed E-state index contributed by atoms with van der Waals surface area (Å²) in [4.78, 5) is 39.2. The molecule has 6 heteroatoms. The Balaban J connectivity index is 1.86. The first-order chi connectivity index (χ1) is 16.3. The summed E-state index contributed by atoms with van der Waals surface area (Å²) < 4.78 is 17.8. The van der Waals surface area contributed by atoms with Gasteiger partial charge in [0.2, 0.25) is 0 Å². The number of rotatable bonds is 5. The molecule has 1 aromatic carbocycles. The highest BCUT2D eigenvalue weighted by Crippen LogP contribution is 2.53. The Kier molecular flexibility index (Phi) is 6.45. The number of allylic oxidation sites excluding steroid dienone is 4. The van der Waals surface area contributed by atoms with Gasteiger partial charge in [0.15, 0.2) is 23.1 Å². The summed E-state index contributed by atoms with van der Waals surface area (Å²) in [5.41, 5.74) is 1.49. The molecular weight excluding hydrogens is 444 g/mol. The Bertz CT molecular complexity index is 1100. The molecule has 0 N–H and O–H groups in total. The second-order valence-corrected chi connectivity index (χ2v) is 11.8. The van der Waals surface area contributed by atoms with Crippen LogP contribution in [0.5, 0.6) is 11.5 Å². The minimum absolute atomic E-state index is 0.0127. The normalized spacial score (nSPS) is 21.5. The second kappa shape index (κ2) is 8.96. The van der Waals surface area contributed by atoms with E-state index in [1.165, 1.54) is 0 Å². The molecule has 0 spiro atoms. The molecular formula is C29H36O6. The van der Waals surface area contributed by atoms with E-state index in [2.05, 4.69) is 27.7 Å². The van der Waals surface area contributed by atoms with Crippen LogP contribution in [-0.4, -0.2) is 24.1 Å². The highest BCUT2D eigenvalue weighted by Gasteiger charge is 2.48. The molecule has 1 aromatic rings. The molecule has 0 saturated heterocycles. The van der Waals surface area contributed by atoms with Crippen LogP contribution in [0.3, 0.4) is 0 Å². The van der Waals surface area contributed by atoms with Gasteiger partial charge < -0.3 is 14.2 Å². The van der Waals surface area contributed by atoms with E-state index in [1.54, 1.807) is 26.0 Å². The van der Waals surface area contributed by atoms with Crippen molar-refractivity contribution < 1.29 is 28.6 Å². The van der Waals surface area contributed by atoms with Crippen molar-refractivity contribution in [2.24, 2.45) is 16.7 Å². The van der Waals surface area contributed by atoms with E-state index in [0.717, 1.165) is 5.56 Å². The van der Waals surface area contributed by atoms with Crippen LogP contribution in [0.25, 0.3) is 0 Å². The third-order valence-electron chi connectivity index (χ3n) is 6.86. The van der Waals surface area contributed by atoms with Crippen molar-refractivity contribution in [1.29, 1.82) is 0 Å². The second-order valence-electron chi connectivity index (χ2n) is 11.8. The number of hydrogen-bond donors (Lipinski definition) is 0. The first-order valence-corrected chi connectivity index (χ1v) is 12.5. The SMILES string of the molecule is CCOc1cc(C2C3=C(CC(C)(C)CC3=O)OC3=C2C(=O)CC(C)(C)C3)ccc1OC(=O)C(C)C. The van der Waals surface area contributed by atoms with Crippen molar-refractivity contribution in [2.75, 3.05) is 6.61 Å². The molecule has 0 bridgehead atoms. The van der Waals surface area contributed by atoms with Crippen molar-refractivity contribution in [3.05, 3.63) is 46.4 Å². The van der Waals surface area contributed by atoms with Crippen LogP contribution in [0, 0.1) is 16.7 Å². The van der Waals surface area contributed by atoms with Gasteiger partial charge in [-0.2, -0.15) is 0 Å². The minimum Gasteiger partial charge on any atom is -0.490 e. The number of benzene rings is 1. The lowest BCUT2D eigenvalue weighted by Crippen LogP contribution is -2.37. The lowest BCUT2D eigenvalue weighted by atomic mass is 9.65. The van der Waals surface area contributed by atoms with Gasteiger partial charge in [-0.3, -0.25) is 14.4 Å². The predicted octanol–water partition coefficient (Wildman–Crippen LogP) is 6.05. The summed E-state index contributed by atoms with van der Waals surface area (Å²) in [6.07, 6.45) is 2.07. The van der Waals surface area contributed by atoms with Crippen LogP contribution in [0.2, 0.25) is 0 Å². The molecule has 2 aliphatic carbocycles. The summed E-state index contributed by atoms with van der Waals surface area (Å²) in [6, 6.07) is 5.33. The smallest absolute Gasteiger partial charge is 0.313 e. The summed E-state index contributed by atoms with van der Waals surface area (Å²) in [5.74, 6) is 0.967. The van der Waals surface area contributed by atoms with Crippen molar-refractivity contribution in [2.45, 2.75) is 80.1 Å². The van der Waals surface area contributed by atoms with Gasteiger partial charge in [0, 0.05) is 42.7 Å². The maximum atomic E-state index is 13.5. The average Bonchev–Trinajstić information content (AvgIpc) is 2.71. The maximum absolute atomic E-state index is 13.5. The molecule has 0 atom stereocenters. The minimum atomic E-state index is -0.519. The fraction of sp³-hybridized carbons (Fsp3) is 0.552. The van der Waals surface area contributed by atoms with E-state index in [-0.39, 0.29) is 34.3 Å². The van der Waals surface area contributed by atoms with Crippen LogP contribution < -0.4 is 9.47 Å². The number of ether oxygens (including phenoxy) is 3. The lowest BCUT2D eigenvalue weighted by molar-refractivity contribution is -0.137. The predicted molar refractivity (Wildman–Crippen MR) is 132 cm³/mol. The molecule has 0 saturated carbocycles. The van der Waals surface area contributed by atoms with Crippen molar-refractivity contribution in [3.8, 4) is 11.5 Å². The number of carbonyl (C=O) groups excluding carboxylic acids is 3. The number of Topliss-reactive ketones (excluding diaryl/α,β-unsaturated/α-hetero) is 2. The molecule has 0 radical (unpaired) electrons. The van der Waals surface area contributed by atoms with Gasteiger partial charge in [0.25, 0.3) is 0 Å². The standard InChI is InChI=1S/C29H36O6/c1-8-33-21-11-17(9-10-20(21)35-27(32)16(2)3)24-25-18(30)12-28(4,5)14-22(25)34-23-15-29(6,7)13-19(31)26(23)24/h9-11,16,24H,8,12-15H2,1-7H3. The van der Waals surface area contributed by atoms with E-state index >= 15 is 0 Å². The van der Waals surface area contributed by atoms with Gasteiger partial charge in [-0.15, -0.1) is 0 Å². The fourth-order valence-electron chi connectivity index (χ4n) is 5.29. The first-order valence-electron chi connectivity index (χ1n) is 12.5. The van der Waals surface area contributed by atoms with E-state index < -0.39 is 5.92 Å². The monoisotopic (exact) mass is 480 g/mol. The topological polar surface area (TPSA) is 78.9 Å². The van der Waals surface area contributed by atoms with Crippen molar-refractivity contribution in [1.82, 2.24) is 0 Å². The largest absolute Gasteiger partial charge is 0.490 e. The Morgan fingerprint density at radius 1 is 0.943 bits per heavy atom. The Morgan fingerprint density at radius 2 is 1.49 bits per heavy atom. The van der Waals surface area contributed by atoms with Crippen LogP contribution in [0.15, 0.2) is 40.9 Å². The molecule has 3 aliphatic rings. The zero-order chi connectivity index (χ0) is 25.7. The quantitative estimate of drug-likeness (QED) is 0.377. The molecule has 35 heavy (non-hydrogen) atoms. The van der Waals surface area contributed by atoms with E-state index in [9.17, 15) is 14.4 Å². The van der Waals surface area contributed by atoms with Crippen molar-refractivity contribution >= 4 is 17.5 Å². The van der Waals surface area contributed by atoms with Crippen LogP contribution in [0.1, 0.15) is 85.6 Å². The summed E-state index contributed by atoms with van der Waals surface area (Å²) >= 11 is 0. The van der Waals surface area contributed by atoms with Gasteiger partial charge in [0.05, 0.1) is 12.5 Å².